The molecule has 0 spiro atoms. The van der Waals surface area contributed by atoms with Crippen LogP contribution < -0.4 is 5.73 Å². The van der Waals surface area contributed by atoms with Gasteiger partial charge in [-0.05, 0) is 13.3 Å². The Labute approximate surface area is 77.3 Å². The summed E-state index contributed by atoms with van der Waals surface area (Å²) in [6, 6.07) is 0. The van der Waals surface area contributed by atoms with Crippen molar-refractivity contribution in [3.05, 3.63) is 11.7 Å². The van der Waals surface area contributed by atoms with Gasteiger partial charge in [-0.25, -0.2) is 0 Å². The second-order valence-corrected chi connectivity index (χ2v) is 3.22. The summed E-state index contributed by atoms with van der Waals surface area (Å²) in [6.45, 7) is 4.18. The maximum absolute atomic E-state index is 5.91. The number of aromatic nitrogens is 2. The number of rotatable bonds is 4. The highest BCUT2D eigenvalue weighted by Gasteiger charge is 2.25. The van der Waals surface area contributed by atoms with E-state index in [1.807, 2.05) is 13.8 Å². The molecule has 1 unspecified atom stereocenters. The molecule has 2 N–H and O–H groups in total. The summed E-state index contributed by atoms with van der Waals surface area (Å²) < 4.78 is 9.87. The number of nitrogens with two attached hydrogens (primary N) is 1. The molecule has 1 aromatic rings. The molecule has 5 nitrogen and oxygen atoms in total. The summed E-state index contributed by atoms with van der Waals surface area (Å²) in [7, 11) is 1.58. The van der Waals surface area contributed by atoms with Crippen molar-refractivity contribution in [2.45, 2.75) is 32.4 Å². The maximum atomic E-state index is 5.91. The smallest absolute Gasteiger partial charge is 0.246 e. The number of ether oxygens (including phenoxy) is 1. The van der Waals surface area contributed by atoms with E-state index in [0.717, 1.165) is 6.42 Å². The lowest BCUT2D eigenvalue weighted by molar-refractivity contribution is 0.174. The van der Waals surface area contributed by atoms with Crippen molar-refractivity contribution >= 4 is 0 Å². The molecule has 0 fully saturated rings. The Hall–Kier alpha value is -0.940. The van der Waals surface area contributed by atoms with Gasteiger partial charge in [-0.2, -0.15) is 4.98 Å². The number of nitrogens with zero attached hydrogens (tertiary/aromatic N) is 2. The first-order valence-corrected chi connectivity index (χ1v) is 4.21. The summed E-state index contributed by atoms with van der Waals surface area (Å²) in [4.78, 5) is 4.11. The van der Waals surface area contributed by atoms with Crippen LogP contribution in [0.2, 0.25) is 0 Å². The number of hydrogen-bond donors (Lipinski definition) is 1. The fourth-order valence-corrected chi connectivity index (χ4v) is 0.825. The summed E-state index contributed by atoms with van der Waals surface area (Å²) in [5, 5.41) is 3.73. The molecule has 0 saturated heterocycles. The molecule has 0 aliphatic heterocycles. The highest BCUT2D eigenvalue weighted by atomic mass is 16.5. The van der Waals surface area contributed by atoms with Crippen molar-refractivity contribution in [3.8, 4) is 0 Å². The molecule has 5 heteroatoms. The third kappa shape index (κ3) is 2.26. The van der Waals surface area contributed by atoms with Gasteiger partial charge in [-0.1, -0.05) is 12.1 Å². The quantitative estimate of drug-likeness (QED) is 0.751. The highest BCUT2D eigenvalue weighted by molar-refractivity contribution is 4.98. The Bertz CT molecular complexity index is 270. The molecule has 0 radical (unpaired) electrons. The molecule has 0 amide bonds. The molecular weight excluding hydrogens is 170 g/mol. The number of hydrogen-bond acceptors (Lipinski definition) is 5. The van der Waals surface area contributed by atoms with Crippen molar-refractivity contribution in [3.63, 3.8) is 0 Å². The molecule has 0 saturated carbocycles. The molecule has 1 atom stereocenters. The lowest BCUT2D eigenvalue weighted by atomic mass is 10.0. The van der Waals surface area contributed by atoms with E-state index in [9.17, 15) is 0 Å². The monoisotopic (exact) mass is 185 g/mol. The minimum Gasteiger partial charge on any atom is -0.377 e. The van der Waals surface area contributed by atoms with Gasteiger partial charge in [0.25, 0.3) is 0 Å². The maximum Gasteiger partial charge on any atom is 0.246 e. The van der Waals surface area contributed by atoms with Gasteiger partial charge in [-0.3, -0.25) is 0 Å². The lowest BCUT2D eigenvalue weighted by Crippen LogP contribution is -2.32. The number of methoxy groups -OCH3 is 1. The third-order valence-electron chi connectivity index (χ3n) is 1.96. The molecule has 0 aliphatic rings. The van der Waals surface area contributed by atoms with E-state index in [0.29, 0.717) is 18.3 Å². The topological polar surface area (TPSA) is 74.2 Å². The summed E-state index contributed by atoms with van der Waals surface area (Å²) in [6.07, 6.45) is 0.752. The minimum atomic E-state index is -0.543. The Balaban J connectivity index is 2.79. The first kappa shape index (κ1) is 10.1. The predicted molar refractivity (Wildman–Crippen MR) is 46.8 cm³/mol. The van der Waals surface area contributed by atoms with Crippen LogP contribution in [0.5, 0.6) is 0 Å². The highest BCUT2D eigenvalue weighted by Crippen LogP contribution is 2.18. The van der Waals surface area contributed by atoms with Crippen LogP contribution in [0.25, 0.3) is 0 Å². The van der Waals surface area contributed by atoms with Crippen molar-refractivity contribution in [2.75, 3.05) is 7.11 Å². The van der Waals surface area contributed by atoms with Gasteiger partial charge in [-0.15, -0.1) is 0 Å². The summed E-state index contributed by atoms with van der Waals surface area (Å²) in [5.74, 6) is 0.990. The zero-order valence-electron chi connectivity index (χ0n) is 8.20. The standard InChI is InChI=1S/C8H15N3O2/c1-4-8(2,9)7-10-6(5-12-3)11-13-7/h4-5,9H2,1-3H3. The lowest BCUT2D eigenvalue weighted by Gasteiger charge is -2.16. The average molecular weight is 185 g/mol. The molecule has 74 valence electrons. The zero-order chi connectivity index (χ0) is 9.90. The van der Waals surface area contributed by atoms with E-state index >= 15 is 0 Å². The minimum absolute atomic E-state index is 0.350. The SMILES string of the molecule is CCC(C)(N)c1nc(COC)no1. The van der Waals surface area contributed by atoms with E-state index in [4.69, 9.17) is 15.0 Å². The van der Waals surface area contributed by atoms with Crippen LogP contribution >= 0.6 is 0 Å². The van der Waals surface area contributed by atoms with E-state index in [1.54, 1.807) is 7.11 Å². The fourth-order valence-electron chi connectivity index (χ4n) is 0.825. The normalized spacial score (nSPS) is 15.7. The molecule has 13 heavy (non-hydrogen) atoms. The Morgan fingerprint density at radius 2 is 2.31 bits per heavy atom. The predicted octanol–water partition coefficient (Wildman–Crippen LogP) is 0.800. The van der Waals surface area contributed by atoms with Gasteiger partial charge < -0.3 is 15.0 Å². The second kappa shape index (κ2) is 3.85. The van der Waals surface area contributed by atoms with E-state index < -0.39 is 5.54 Å². The van der Waals surface area contributed by atoms with Crippen LogP contribution in [-0.2, 0) is 16.9 Å². The molecule has 0 aromatic carbocycles. The summed E-state index contributed by atoms with van der Waals surface area (Å²) >= 11 is 0. The third-order valence-corrected chi connectivity index (χ3v) is 1.96. The van der Waals surface area contributed by atoms with Crippen LogP contribution in [0.15, 0.2) is 4.52 Å². The van der Waals surface area contributed by atoms with Gasteiger partial charge >= 0.3 is 0 Å². The van der Waals surface area contributed by atoms with E-state index in [1.165, 1.54) is 0 Å². The van der Waals surface area contributed by atoms with Crippen LogP contribution in [0.1, 0.15) is 32.0 Å². The Morgan fingerprint density at radius 1 is 1.62 bits per heavy atom. The second-order valence-electron chi connectivity index (χ2n) is 3.22. The van der Waals surface area contributed by atoms with Gasteiger partial charge in [0.2, 0.25) is 5.89 Å². The molecule has 1 aromatic heterocycles. The molecule has 1 rings (SSSR count). The van der Waals surface area contributed by atoms with Crippen LogP contribution in [0.3, 0.4) is 0 Å². The molecule has 0 bridgehead atoms. The molecule has 1 heterocycles. The van der Waals surface area contributed by atoms with E-state index in [-0.39, 0.29) is 0 Å². The zero-order valence-corrected chi connectivity index (χ0v) is 8.20. The van der Waals surface area contributed by atoms with Gasteiger partial charge in [0.15, 0.2) is 5.82 Å². The van der Waals surface area contributed by atoms with Gasteiger partial charge in [0.05, 0.1) is 5.54 Å². The van der Waals surface area contributed by atoms with E-state index in [2.05, 4.69) is 10.1 Å². The fraction of sp³-hybridized carbons (Fsp3) is 0.750. The van der Waals surface area contributed by atoms with Crippen LogP contribution in [0, 0.1) is 0 Å². The average Bonchev–Trinajstić information content (AvgIpc) is 2.54. The van der Waals surface area contributed by atoms with Crippen LogP contribution in [-0.4, -0.2) is 17.3 Å². The Kier molecular flexibility index (Phi) is 3.00. The van der Waals surface area contributed by atoms with Crippen molar-refractivity contribution in [2.24, 2.45) is 5.73 Å². The van der Waals surface area contributed by atoms with Gasteiger partial charge in [0.1, 0.15) is 6.61 Å². The summed E-state index contributed by atoms with van der Waals surface area (Å²) in [5.41, 5.74) is 5.37. The molecular formula is C8H15N3O2. The Morgan fingerprint density at radius 3 is 2.85 bits per heavy atom. The largest absolute Gasteiger partial charge is 0.377 e. The molecule has 0 aliphatic carbocycles. The van der Waals surface area contributed by atoms with Crippen molar-refractivity contribution in [1.29, 1.82) is 0 Å². The van der Waals surface area contributed by atoms with Crippen LogP contribution in [0.4, 0.5) is 0 Å². The van der Waals surface area contributed by atoms with Gasteiger partial charge in [0, 0.05) is 7.11 Å². The first-order valence-electron chi connectivity index (χ1n) is 4.21. The van der Waals surface area contributed by atoms with Crippen molar-refractivity contribution in [1.82, 2.24) is 10.1 Å². The first-order chi connectivity index (χ1) is 6.10. The van der Waals surface area contributed by atoms with Crippen molar-refractivity contribution < 1.29 is 9.26 Å².